The van der Waals surface area contributed by atoms with E-state index in [1.54, 1.807) is 0 Å². The molecular formula is C6H12N2OS. The number of thioether (sulfide) groups is 1. The third-order valence-corrected chi connectivity index (χ3v) is 3.07. The van der Waals surface area contributed by atoms with E-state index < -0.39 is 6.04 Å². The highest BCUT2D eigenvalue weighted by Gasteiger charge is 2.22. The molecule has 4 heteroatoms. The maximum absolute atomic E-state index is 10.5. The van der Waals surface area contributed by atoms with Crippen LogP contribution in [-0.4, -0.2) is 23.5 Å². The second-order valence-corrected chi connectivity index (χ2v) is 3.72. The molecule has 1 amide bonds. The molecule has 1 saturated heterocycles. The van der Waals surface area contributed by atoms with E-state index in [1.165, 1.54) is 0 Å². The zero-order valence-electron chi connectivity index (χ0n) is 5.75. The van der Waals surface area contributed by atoms with E-state index in [4.69, 9.17) is 11.5 Å². The molecule has 1 fully saturated rings. The summed E-state index contributed by atoms with van der Waals surface area (Å²) in [5, 5.41) is 0. The van der Waals surface area contributed by atoms with E-state index >= 15 is 0 Å². The molecule has 0 spiro atoms. The maximum atomic E-state index is 10.5. The van der Waals surface area contributed by atoms with Crippen LogP contribution in [0.5, 0.6) is 0 Å². The second-order valence-electron chi connectivity index (χ2n) is 2.65. The Labute approximate surface area is 64.5 Å². The van der Waals surface area contributed by atoms with Gasteiger partial charge >= 0.3 is 0 Å². The molecule has 58 valence electrons. The van der Waals surface area contributed by atoms with Crippen LogP contribution in [0.25, 0.3) is 0 Å². The first-order chi connectivity index (χ1) is 4.70. The topological polar surface area (TPSA) is 69.1 Å². The van der Waals surface area contributed by atoms with Crippen LogP contribution in [0.1, 0.15) is 6.42 Å². The lowest BCUT2D eigenvalue weighted by molar-refractivity contribution is -0.119. The Hall–Kier alpha value is -0.220. The molecule has 0 aromatic rings. The van der Waals surface area contributed by atoms with Crippen molar-refractivity contribution in [3.63, 3.8) is 0 Å². The predicted octanol–water partition coefficient (Wildman–Crippen LogP) is -0.448. The molecule has 1 aliphatic heterocycles. The Morgan fingerprint density at radius 2 is 2.30 bits per heavy atom. The number of nitrogens with two attached hydrogens (primary N) is 2. The summed E-state index contributed by atoms with van der Waals surface area (Å²) in [6.07, 6.45) is 0.766. The van der Waals surface area contributed by atoms with Crippen molar-refractivity contribution in [3.05, 3.63) is 0 Å². The first kappa shape index (κ1) is 7.88. The fourth-order valence-electron chi connectivity index (χ4n) is 0.896. The Bertz CT molecular complexity index is 136. The van der Waals surface area contributed by atoms with Crippen LogP contribution < -0.4 is 11.5 Å². The number of hydrogen-bond donors (Lipinski definition) is 2. The zero-order valence-corrected chi connectivity index (χ0v) is 6.56. The minimum absolute atomic E-state index is 0.378. The van der Waals surface area contributed by atoms with Crippen molar-refractivity contribution in [3.8, 4) is 0 Å². The molecule has 0 aromatic carbocycles. The lowest BCUT2D eigenvalue weighted by Crippen LogP contribution is -2.40. The smallest absolute Gasteiger partial charge is 0.234 e. The van der Waals surface area contributed by atoms with Crippen molar-refractivity contribution >= 4 is 17.7 Å². The highest BCUT2D eigenvalue weighted by Crippen LogP contribution is 2.27. The van der Waals surface area contributed by atoms with Gasteiger partial charge in [-0.1, -0.05) is 0 Å². The Balaban J connectivity index is 2.16. The number of hydrogen-bond acceptors (Lipinski definition) is 3. The summed E-state index contributed by atoms with van der Waals surface area (Å²) in [4.78, 5) is 10.5. The zero-order chi connectivity index (χ0) is 7.56. The minimum atomic E-state index is -0.425. The van der Waals surface area contributed by atoms with Crippen LogP contribution in [0.3, 0.4) is 0 Å². The first-order valence-electron chi connectivity index (χ1n) is 3.33. The Morgan fingerprint density at radius 3 is 2.60 bits per heavy atom. The van der Waals surface area contributed by atoms with E-state index in [-0.39, 0.29) is 5.91 Å². The molecular weight excluding hydrogens is 148 g/mol. The van der Waals surface area contributed by atoms with Crippen LogP contribution in [0.2, 0.25) is 0 Å². The number of carbonyl (C=O) groups excluding carboxylic acids is 1. The second kappa shape index (κ2) is 3.25. The first-order valence-corrected chi connectivity index (χ1v) is 4.48. The van der Waals surface area contributed by atoms with E-state index in [2.05, 4.69) is 0 Å². The molecule has 0 radical (unpaired) electrons. The van der Waals surface area contributed by atoms with Crippen LogP contribution >= 0.6 is 11.8 Å². The predicted molar refractivity (Wildman–Crippen MR) is 42.6 cm³/mol. The maximum Gasteiger partial charge on any atom is 0.234 e. The molecule has 1 aliphatic rings. The molecule has 0 bridgehead atoms. The fourth-order valence-corrected chi connectivity index (χ4v) is 1.74. The van der Waals surface area contributed by atoms with Crippen LogP contribution in [0.4, 0.5) is 0 Å². The van der Waals surface area contributed by atoms with Gasteiger partial charge in [0.1, 0.15) is 0 Å². The lowest BCUT2D eigenvalue weighted by Gasteiger charge is -2.26. The van der Waals surface area contributed by atoms with Crippen LogP contribution in [0.15, 0.2) is 0 Å². The number of amides is 1. The molecule has 1 atom stereocenters. The van der Waals surface area contributed by atoms with E-state index in [9.17, 15) is 4.79 Å². The minimum Gasteiger partial charge on any atom is -0.368 e. The van der Waals surface area contributed by atoms with Gasteiger partial charge in [0, 0.05) is 0 Å². The number of primary amides is 1. The Morgan fingerprint density at radius 1 is 1.70 bits per heavy atom. The van der Waals surface area contributed by atoms with E-state index in [0.717, 1.165) is 17.9 Å². The average Bonchev–Trinajstić information content (AvgIpc) is 1.77. The standard InChI is InChI=1S/C6H12N2OS/c7-5(6(8)9)1-4-2-10-3-4/h4-5H,1-3,7H2,(H2,8,9). The summed E-state index contributed by atoms with van der Waals surface area (Å²) in [5.74, 6) is 2.53. The van der Waals surface area contributed by atoms with Gasteiger partial charge in [0.15, 0.2) is 0 Å². The van der Waals surface area contributed by atoms with E-state index in [1.807, 2.05) is 11.8 Å². The summed E-state index contributed by atoms with van der Waals surface area (Å²) in [6.45, 7) is 0. The van der Waals surface area contributed by atoms with Crippen molar-refractivity contribution in [2.45, 2.75) is 12.5 Å². The summed E-state index contributed by atoms with van der Waals surface area (Å²) >= 11 is 1.89. The molecule has 3 nitrogen and oxygen atoms in total. The molecule has 0 saturated carbocycles. The van der Waals surface area contributed by atoms with Gasteiger partial charge in [0.05, 0.1) is 6.04 Å². The van der Waals surface area contributed by atoms with Crippen molar-refractivity contribution in [1.29, 1.82) is 0 Å². The van der Waals surface area contributed by atoms with Crippen molar-refractivity contribution in [1.82, 2.24) is 0 Å². The third-order valence-electron chi connectivity index (χ3n) is 1.66. The molecule has 1 unspecified atom stereocenters. The highest BCUT2D eigenvalue weighted by molar-refractivity contribution is 8.00. The number of rotatable bonds is 3. The lowest BCUT2D eigenvalue weighted by atomic mass is 10.0. The summed E-state index contributed by atoms with van der Waals surface area (Å²) in [7, 11) is 0. The monoisotopic (exact) mass is 160 g/mol. The largest absolute Gasteiger partial charge is 0.368 e. The van der Waals surface area contributed by atoms with Crippen molar-refractivity contribution < 1.29 is 4.79 Å². The molecule has 1 heterocycles. The fraction of sp³-hybridized carbons (Fsp3) is 0.833. The normalized spacial score (nSPS) is 21.7. The molecule has 0 aromatic heterocycles. The third kappa shape index (κ3) is 1.88. The van der Waals surface area contributed by atoms with Crippen molar-refractivity contribution in [2.75, 3.05) is 11.5 Å². The number of carbonyl (C=O) groups is 1. The van der Waals surface area contributed by atoms with E-state index in [0.29, 0.717) is 5.92 Å². The molecule has 4 N–H and O–H groups in total. The van der Waals surface area contributed by atoms with Gasteiger partial charge in [-0.15, -0.1) is 0 Å². The van der Waals surface area contributed by atoms with Gasteiger partial charge in [0.25, 0.3) is 0 Å². The van der Waals surface area contributed by atoms with Gasteiger partial charge in [-0.05, 0) is 23.8 Å². The Kier molecular flexibility index (Phi) is 2.56. The van der Waals surface area contributed by atoms with Gasteiger partial charge in [0.2, 0.25) is 5.91 Å². The molecule has 0 aliphatic carbocycles. The van der Waals surface area contributed by atoms with Crippen LogP contribution in [0, 0.1) is 5.92 Å². The summed E-state index contributed by atoms with van der Waals surface area (Å²) in [6, 6.07) is -0.425. The quantitative estimate of drug-likeness (QED) is 0.587. The van der Waals surface area contributed by atoms with Gasteiger partial charge in [-0.25, -0.2) is 0 Å². The van der Waals surface area contributed by atoms with Gasteiger partial charge in [-0.2, -0.15) is 11.8 Å². The van der Waals surface area contributed by atoms with Crippen molar-refractivity contribution in [2.24, 2.45) is 17.4 Å². The average molecular weight is 160 g/mol. The highest BCUT2D eigenvalue weighted by atomic mass is 32.2. The van der Waals surface area contributed by atoms with Gasteiger partial charge in [-0.3, -0.25) is 4.79 Å². The van der Waals surface area contributed by atoms with Crippen LogP contribution in [-0.2, 0) is 4.79 Å². The SMILES string of the molecule is NC(=O)C(N)CC1CSC1. The molecule has 10 heavy (non-hydrogen) atoms. The van der Waals surface area contributed by atoms with Gasteiger partial charge < -0.3 is 11.5 Å². The molecule has 1 rings (SSSR count). The summed E-state index contributed by atoms with van der Waals surface area (Å²) in [5.41, 5.74) is 10.4. The summed E-state index contributed by atoms with van der Waals surface area (Å²) < 4.78 is 0.